The van der Waals surface area contributed by atoms with Crippen LogP contribution >= 0.6 is 0 Å². The number of rotatable bonds is 15. The van der Waals surface area contributed by atoms with Gasteiger partial charge in [0.15, 0.2) is 12.6 Å². The zero-order valence-corrected chi connectivity index (χ0v) is 19.5. The fourth-order valence-corrected chi connectivity index (χ4v) is 4.17. The van der Waals surface area contributed by atoms with Crippen LogP contribution in [0, 0.1) is 0 Å². The van der Waals surface area contributed by atoms with Crippen LogP contribution in [0.3, 0.4) is 0 Å². The number of hydrogen-bond acceptors (Lipinski definition) is 12. The highest BCUT2D eigenvalue weighted by Gasteiger charge is 2.50. The van der Waals surface area contributed by atoms with E-state index < -0.39 is 74.6 Å². The van der Waals surface area contributed by atoms with Gasteiger partial charge in [-0.05, 0) is 12.8 Å². The summed E-state index contributed by atoms with van der Waals surface area (Å²) in [4.78, 5) is 0. The van der Waals surface area contributed by atoms with E-state index in [0.29, 0.717) is 0 Å². The van der Waals surface area contributed by atoms with Gasteiger partial charge in [0, 0.05) is 13.2 Å². The normalized spacial score (nSPS) is 38.8. The molecule has 0 radical (unpaired) electrons. The second kappa shape index (κ2) is 15.6. The van der Waals surface area contributed by atoms with Crippen molar-refractivity contribution in [1.29, 1.82) is 0 Å². The van der Waals surface area contributed by atoms with Crippen molar-refractivity contribution in [2.75, 3.05) is 26.4 Å². The van der Waals surface area contributed by atoms with Crippen LogP contribution in [0.4, 0.5) is 0 Å². The molecule has 2 rings (SSSR count). The molecule has 0 aromatic heterocycles. The number of aliphatic hydroxyl groups is 8. The molecule has 0 saturated carbocycles. The molecule has 10 atom stereocenters. The zero-order valence-electron chi connectivity index (χ0n) is 19.5. The summed E-state index contributed by atoms with van der Waals surface area (Å²) >= 11 is 0. The Morgan fingerprint density at radius 3 is 1.65 bits per heavy atom. The lowest BCUT2D eigenvalue weighted by atomic mass is 9.97. The van der Waals surface area contributed by atoms with Crippen LogP contribution in [0.2, 0.25) is 0 Å². The molecule has 0 spiro atoms. The highest BCUT2D eigenvalue weighted by molar-refractivity contribution is 4.94. The first-order chi connectivity index (χ1) is 16.3. The largest absolute Gasteiger partial charge is 0.396 e. The van der Waals surface area contributed by atoms with Gasteiger partial charge in [0.25, 0.3) is 0 Å². The summed E-state index contributed by atoms with van der Waals surface area (Å²) in [5, 5.41) is 78.7. The lowest BCUT2D eigenvalue weighted by molar-refractivity contribution is -0.359. The van der Waals surface area contributed by atoms with Gasteiger partial charge in [-0.1, -0.05) is 38.5 Å². The Morgan fingerprint density at radius 1 is 0.529 bits per heavy atom. The Kier molecular flexibility index (Phi) is 13.6. The first-order valence-corrected chi connectivity index (χ1v) is 12.2. The molecule has 2 saturated heterocycles. The molecule has 34 heavy (non-hydrogen) atoms. The monoisotopic (exact) mass is 498 g/mol. The van der Waals surface area contributed by atoms with E-state index >= 15 is 0 Å². The van der Waals surface area contributed by atoms with E-state index in [1.54, 1.807) is 0 Å². The van der Waals surface area contributed by atoms with Crippen LogP contribution in [0.5, 0.6) is 0 Å². The predicted octanol–water partition coefficient (Wildman–Crippen LogP) is -2.26. The van der Waals surface area contributed by atoms with Crippen molar-refractivity contribution in [3.05, 3.63) is 0 Å². The van der Waals surface area contributed by atoms with Crippen molar-refractivity contribution in [2.45, 2.75) is 113 Å². The van der Waals surface area contributed by atoms with Gasteiger partial charge in [-0.3, -0.25) is 0 Å². The third-order valence-corrected chi connectivity index (χ3v) is 6.29. The lowest BCUT2D eigenvalue weighted by Gasteiger charge is -2.45. The molecule has 0 amide bonds. The SMILES string of the molecule is OCCCCCCCCCCO[C@@H]1OC(CO)[C@@H](O[C@H]2OC(CO)[C@@H](O)[C@H](O)C2O)[C@H](O)C1O. The van der Waals surface area contributed by atoms with Gasteiger partial charge < -0.3 is 59.8 Å². The van der Waals surface area contributed by atoms with Crippen molar-refractivity contribution in [1.82, 2.24) is 0 Å². The van der Waals surface area contributed by atoms with Gasteiger partial charge in [-0.15, -0.1) is 0 Å². The minimum atomic E-state index is -1.70. The highest BCUT2D eigenvalue weighted by Crippen LogP contribution is 2.29. The summed E-state index contributed by atoms with van der Waals surface area (Å²) in [6.45, 7) is -0.726. The van der Waals surface area contributed by atoms with Crippen LogP contribution in [-0.2, 0) is 18.9 Å². The van der Waals surface area contributed by atoms with E-state index in [4.69, 9.17) is 24.1 Å². The number of unbranched alkanes of at least 4 members (excludes halogenated alkanes) is 7. The van der Waals surface area contributed by atoms with E-state index in [-0.39, 0.29) is 13.2 Å². The fourth-order valence-electron chi connectivity index (χ4n) is 4.17. The maximum absolute atomic E-state index is 10.6. The van der Waals surface area contributed by atoms with Crippen molar-refractivity contribution in [2.24, 2.45) is 0 Å². The van der Waals surface area contributed by atoms with Gasteiger partial charge in [-0.2, -0.15) is 0 Å². The van der Waals surface area contributed by atoms with E-state index in [9.17, 15) is 35.7 Å². The third-order valence-electron chi connectivity index (χ3n) is 6.29. The zero-order chi connectivity index (χ0) is 25.1. The Morgan fingerprint density at radius 2 is 1.06 bits per heavy atom. The van der Waals surface area contributed by atoms with Crippen molar-refractivity contribution in [3.63, 3.8) is 0 Å². The summed E-state index contributed by atoms with van der Waals surface area (Å²) in [6.07, 6.45) is -6.58. The molecule has 4 unspecified atom stereocenters. The van der Waals surface area contributed by atoms with Gasteiger partial charge in [-0.25, -0.2) is 0 Å². The molecular formula is C22H42O12. The minimum absolute atomic E-state index is 0.235. The molecule has 0 aromatic rings. The summed E-state index contributed by atoms with van der Waals surface area (Å²) in [6, 6.07) is 0. The van der Waals surface area contributed by atoms with Crippen LogP contribution in [-0.4, -0.2) is 129 Å². The van der Waals surface area contributed by atoms with Crippen molar-refractivity contribution >= 4 is 0 Å². The standard InChI is InChI=1S/C22H42O12/c23-9-7-5-3-1-2-4-6-8-10-31-21-19(30)17(28)20(14(12-25)33-21)34-22-18(29)16(27)15(26)13(11-24)32-22/h13-30H,1-12H2/t13?,14?,15-,16+,17-,18?,19?,20-,21-,22-/m1/s1. The molecule has 12 heteroatoms. The Balaban J connectivity index is 1.78. The molecule has 0 aromatic carbocycles. The highest BCUT2D eigenvalue weighted by atomic mass is 16.7. The Labute approximate surface area is 199 Å². The quantitative estimate of drug-likeness (QED) is 0.113. The minimum Gasteiger partial charge on any atom is -0.396 e. The summed E-state index contributed by atoms with van der Waals surface area (Å²) in [5.74, 6) is 0. The molecule has 2 heterocycles. The molecular weight excluding hydrogens is 456 g/mol. The van der Waals surface area contributed by atoms with Crippen molar-refractivity contribution in [3.8, 4) is 0 Å². The van der Waals surface area contributed by atoms with E-state index in [1.807, 2.05) is 0 Å². The predicted molar refractivity (Wildman–Crippen MR) is 116 cm³/mol. The summed E-state index contributed by atoms with van der Waals surface area (Å²) < 4.78 is 21.9. The smallest absolute Gasteiger partial charge is 0.187 e. The topological polar surface area (TPSA) is 199 Å². The molecule has 2 fully saturated rings. The second-order valence-corrected chi connectivity index (χ2v) is 8.93. The van der Waals surface area contributed by atoms with E-state index in [2.05, 4.69) is 0 Å². The maximum Gasteiger partial charge on any atom is 0.187 e. The first kappa shape index (κ1) is 29.7. The fraction of sp³-hybridized carbons (Fsp3) is 1.00. The molecule has 202 valence electrons. The Hall–Kier alpha value is -0.480. The molecule has 2 aliphatic heterocycles. The molecule has 0 bridgehead atoms. The number of ether oxygens (including phenoxy) is 4. The van der Waals surface area contributed by atoms with Crippen LogP contribution in [0.25, 0.3) is 0 Å². The van der Waals surface area contributed by atoms with Gasteiger partial charge in [0.05, 0.1) is 13.2 Å². The third kappa shape index (κ3) is 8.29. The maximum atomic E-state index is 10.6. The molecule has 12 nitrogen and oxygen atoms in total. The average Bonchev–Trinajstić information content (AvgIpc) is 2.84. The number of hydrogen-bond donors (Lipinski definition) is 8. The number of aliphatic hydroxyl groups excluding tert-OH is 8. The summed E-state index contributed by atoms with van der Waals surface area (Å²) in [7, 11) is 0. The first-order valence-electron chi connectivity index (χ1n) is 12.2. The lowest BCUT2D eigenvalue weighted by Crippen LogP contribution is -2.64. The summed E-state index contributed by atoms with van der Waals surface area (Å²) in [5.41, 5.74) is 0. The molecule has 2 aliphatic rings. The van der Waals surface area contributed by atoms with Crippen LogP contribution < -0.4 is 0 Å². The van der Waals surface area contributed by atoms with E-state index in [1.165, 1.54) is 0 Å². The molecule has 0 aliphatic carbocycles. The van der Waals surface area contributed by atoms with Gasteiger partial charge >= 0.3 is 0 Å². The van der Waals surface area contributed by atoms with Crippen LogP contribution in [0.15, 0.2) is 0 Å². The second-order valence-electron chi connectivity index (χ2n) is 8.93. The Bertz CT molecular complexity index is 536. The van der Waals surface area contributed by atoms with E-state index in [0.717, 1.165) is 51.4 Å². The average molecular weight is 499 g/mol. The van der Waals surface area contributed by atoms with Gasteiger partial charge in [0.1, 0.15) is 48.8 Å². The van der Waals surface area contributed by atoms with Crippen molar-refractivity contribution < 1.29 is 59.8 Å². The van der Waals surface area contributed by atoms with Gasteiger partial charge in [0.2, 0.25) is 0 Å². The molecule has 8 N–H and O–H groups in total. The van der Waals surface area contributed by atoms with Crippen LogP contribution in [0.1, 0.15) is 51.4 Å².